The minimum atomic E-state index is -0.516. The molecule has 0 bridgehead atoms. The third kappa shape index (κ3) is 4.99. The molecule has 2 aliphatic heterocycles. The maximum Gasteiger partial charge on any atom is 0.410 e. The van der Waals surface area contributed by atoms with Crippen LogP contribution in [0.15, 0.2) is 30.3 Å². The highest BCUT2D eigenvalue weighted by Gasteiger charge is 2.28. The molecule has 2 aromatic rings. The first-order chi connectivity index (χ1) is 14.8. The normalized spacial score (nSPS) is 17.3. The lowest BCUT2D eigenvalue weighted by Gasteiger charge is -2.38. The first-order valence-electron chi connectivity index (χ1n) is 10.5. The Labute approximate surface area is 182 Å². The third-order valence-corrected chi connectivity index (χ3v) is 5.20. The quantitative estimate of drug-likeness (QED) is 0.768. The summed E-state index contributed by atoms with van der Waals surface area (Å²) in [5.41, 5.74) is 1.60. The molecule has 166 valence electrons. The molecular formula is C22H29N5O4. The Morgan fingerprint density at radius 3 is 2.48 bits per heavy atom. The first kappa shape index (κ1) is 21.2. The number of hydrogen-bond acceptors (Lipinski definition) is 8. The molecule has 3 heterocycles. The molecule has 2 fully saturated rings. The minimum absolute atomic E-state index is 0.158. The fourth-order valence-corrected chi connectivity index (χ4v) is 3.52. The first-order valence-corrected chi connectivity index (χ1v) is 10.5. The maximum atomic E-state index is 12.4. The molecule has 0 unspecified atom stereocenters. The van der Waals surface area contributed by atoms with Gasteiger partial charge in [-0.1, -0.05) is 12.1 Å². The predicted octanol–water partition coefficient (Wildman–Crippen LogP) is 2.72. The van der Waals surface area contributed by atoms with E-state index in [1.54, 1.807) is 17.0 Å². The number of phenolic OH excluding ortho intramolecular Hbond substituents is 1. The molecule has 0 atom stereocenters. The third-order valence-electron chi connectivity index (χ3n) is 5.20. The van der Waals surface area contributed by atoms with Gasteiger partial charge in [0.1, 0.15) is 11.4 Å². The monoisotopic (exact) mass is 427 g/mol. The van der Waals surface area contributed by atoms with Crippen molar-refractivity contribution in [3.8, 4) is 17.0 Å². The highest BCUT2D eigenvalue weighted by molar-refractivity contribution is 5.75. The molecule has 4 rings (SSSR count). The van der Waals surface area contributed by atoms with Gasteiger partial charge < -0.3 is 29.7 Å². The van der Waals surface area contributed by atoms with Crippen molar-refractivity contribution >= 4 is 17.6 Å². The van der Waals surface area contributed by atoms with Crippen LogP contribution < -0.4 is 10.2 Å². The zero-order valence-corrected chi connectivity index (χ0v) is 18.2. The van der Waals surface area contributed by atoms with Crippen LogP contribution in [0.4, 0.5) is 16.3 Å². The lowest BCUT2D eigenvalue weighted by atomic mass is 10.1. The van der Waals surface area contributed by atoms with Crippen molar-refractivity contribution in [1.29, 1.82) is 0 Å². The van der Waals surface area contributed by atoms with Crippen LogP contribution in [-0.4, -0.2) is 77.3 Å². The fraction of sp³-hybridized carbons (Fsp3) is 0.500. The van der Waals surface area contributed by atoms with Crippen molar-refractivity contribution < 1.29 is 19.4 Å². The van der Waals surface area contributed by atoms with E-state index in [0.29, 0.717) is 56.5 Å². The number of amides is 1. The Hall–Kier alpha value is -3.07. The zero-order chi connectivity index (χ0) is 22.0. The summed E-state index contributed by atoms with van der Waals surface area (Å²) in [5.74, 6) is 0.837. The van der Waals surface area contributed by atoms with E-state index in [2.05, 4.69) is 20.4 Å². The van der Waals surface area contributed by atoms with Crippen LogP contribution in [0.3, 0.4) is 0 Å². The van der Waals surface area contributed by atoms with Crippen LogP contribution in [-0.2, 0) is 9.47 Å². The number of carbonyl (C=O) groups is 1. The molecule has 0 saturated carbocycles. The van der Waals surface area contributed by atoms with Gasteiger partial charge in [0.15, 0.2) is 5.82 Å². The van der Waals surface area contributed by atoms with E-state index in [1.165, 1.54) is 0 Å². The smallest absolute Gasteiger partial charge is 0.410 e. The van der Waals surface area contributed by atoms with Crippen LogP contribution in [0.5, 0.6) is 5.75 Å². The summed E-state index contributed by atoms with van der Waals surface area (Å²) in [5, 5.41) is 22.4. The molecule has 0 radical (unpaired) electrons. The van der Waals surface area contributed by atoms with Crippen molar-refractivity contribution in [2.24, 2.45) is 0 Å². The van der Waals surface area contributed by atoms with Crippen LogP contribution in [0.25, 0.3) is 11.3 Å². The highest BCUT2D eigenvalue weighted by atomic mass is 16.6. The number of phenols is 1. The van der Waals surface area contributed by atoms with E-state index in [1.807, 2.05) is 39.0 Å². The maximum absolute atomic E-state index is 12.4. The number of hydrogen-bond donors (Lipinski definition) is 2. The van der Waals surface area contributed by atoms with Gasteiger partial charge >= 0.3 is 6.09 Å². The zero-order valence-electron chi connectivity index (χ0n) is 18.2. The number of piperazine rings is 1. The summed E-state index contributed by atoms with van der Waals surface area (Å²) >= 11 is 0. The molecule has 9 nitrogen and oxygen atoms in total. The van der Waals surface area contributed by atoms with E-state index in [0.717, 1.165) is 5.69 Å². The van der Waals surface area contributed by atoms with Gasteiger partial charge in [0.05, 0.1) is 30.6 Å². The Morgan fingerprint density at radius 2 is 1.87 bits per heavy atom. The Bertz CT molecular complexity index is 934. The van der Waals surface area contributed by atoms with Crippen LogP contribution in [0.2, 0.25) is 0 Å². The molecule has 9 heteroatoms. The van der Waals surface area contributed by atoms with Gasteiger partial charge in [-0.3, -0.25) is 0 Å². The number of rotatable bonds is 4. The molecule has 31 heavy (non-hydrogen) atoms. The second-order valence-corrected chi connectivity index (χ2v) is 8.81. The minimum Gasteiger partial charge on any atom is -0.507 e. The Kier molecular flexibility index (Phi) is 5.86. The molecule has 0 aliphatic carbocycles. The summed E-state index contributed by atoms with van der Waals surface area (Å²) in [7, 11) is 0. The lowest BCUT2D eigenvalue weighted by molar-refractivity contribution is 0.0208. The van der Waals surface area contributed by atoms with Gasteiger partial charge in [-0.15, -0.1) is 10.2 Å². The summed E-state index contributed by atoms with van der Waals surface area (Å²) in [6.45, 7) is 9.25. The van der Waals surface area contributed by atoms with E-state index in [4.69, 9.17) is 9.47 Å². The highest BCUT2D eigenvalue weighted by Crippen LogP contribution is 2.33. The average molecular weight is 428 g/mol. The molecule has 1 aromatic carbocycles. The topological polar surface area (TPSA) is 100 Å². The molecule has 2 aliphatic rings. The summed E-state index contributed by atoms with van der Waals surface area (Å²) in [6, 6.07) is 9.22. The van der Waals surface area contributed by atoms with Gasteiger partial charge in [-0.05, 0) is 39.0 Å². The Morgan fingerprint density at radius 1 is 1.16 bits per heavy atom. The number of anilines is 2. The van der Waals surface area contributed by atoms with Gasteiger partial charge in [-0.25, -0.2) is 4.79 Å². The van der Waals surface area contributed by atoms with Gasteiger partial charge in [0.2, 0.25) is 0 Å². The van der Waals surface area contributed by atoms with E-state index < -0.39 is 5.60 Å². The number of nitrogens with one attached hydrogen (secondary N) is 1. The number of para-hydroxylation sites is 1. The molecular weight excluding hydrogens is 398 g/mol. The van der Waals surface area contributed by atoms with E-state index >= 15 is 0 Å². The van der Waals surface area contributed by atoms with Crippen molar-refractivity contribution in [3.05, 3.63) is 30.3 Å². The fourth-order valence-electron chi connectivity index (χ4n) is 3.52. The molecule has 1 amide bonds. The van der Waals surface area contributed by atoms with E-state index in [-0.39, 0.29) is 17.9 Å². The number of ether oxygens (including phenoxy) is 2. The summed E-state index contributed by atoms with van der Waals surface area (Å²) in [4.78, 5) is 16.3. The second-order valence-electron chi connectivity index (χ2n) is 8.81. The van der Waals surface area contributed by atoms with Crippen LogP contribution in [0.1, 0.15) is 20.8 Å². The van der Waals surface area contributed by atoms with E-state index in [9.17, 15) is 9.90 Å². The number of carbonyl (C=O) groups excluding carboxylic acids is 1. The summed E-state index contributed by atoms with van der Waals surface area (Å²) in [6.07, 6.45) is -0.292. The number of nitrogens with zero attached hydrogens (tertiary/aromatic N) is 4. The largest absolute Gasteiger partial charge is 0.507 e. The van der Waals surface area contributed by atoms with Crippen molar-refractivity contribution in [2.75, 3.05) is 49.6 Å². The van der Waals surface area contributed by atoms with Crippen molar-refractivity contribution in [2.45, 2.75) is 32.4 Å². The average Bonchev–Trinajstić information content (AvgIpc) is 2.70. The molecule has 0 spiro atoms. The number of benzene rings is 1. The van der Waals surface area contributed by atoms with Crippen molar-refractivity contribution in [3.63, 3.8) is 0 Å². The lowest BCUT2D eigenvalue weighted by Crippen LogP contribution is -2.50. The summed E-state index contributed by atoms with van der Waals surface area (Å²) < 4.78 is 10.8. The van der Waals surface area contributed by atoms with Gasteiger partial charge in [0, 0.05) is 31.7 Å². The number of aromatic hydroxyl groups is 1. The SMILES string of the molecule is CC(C)(C)OC(=O)N1CCN(c2cc(-c3ccccc3O)nnc2NC2COC2)CC1. The molecule has 2 saturated heterocycles. The standard InChI is InChI=1S/C22H29N5O4/c1-22(2,3)31-21(29)27-10-8-26(9-11-27)18-12-17(16-6-4-5-7-19(16)28)24-25-20(18)23-15-13-30-14-15/h4-7,12,15,28H,8-11,13-14H2,1-3H3,(H,23,25). The van der Waals surface area contributed by atoms with Crippen molar-refractivity contribution in [1.82, 2.24) is 15.1 Å². The molecule has 2 N–H and O–H groups in total. The Balaban J connectivity index is 1.55. The van der Waals surface area contributed by atoms with Gasteiger partial charge in [-0.2, -0.15) is 0 Å². The predicted molar refractivity (Wildman–Crippen MR) is 117 cm³/mol. The van der Waals surface area contributed by atoms with Crippen LogP contribution in [0, 0.1) is 0 Å². The molecule has 1 aromatic heterocycles. The second kappa shape index (κ2) is 8.58. The van der Waals surface area contributed by atoms with Crippen LogP contribution >= 0.6 is 0 Å². The van der Waals surface area contributed by atoms with Gasteiger partial charge in [0.25, 0.3) is 0 Å². The number of aromatic nitrogens is 2.